The molecule has 0 unspecified atom stereocenters. The minimum absolute atomic E-state index is 0. The van der Waals surface area contributed by atoms with Crippen molar-refractivity contribution in [3.05, 3.63) is 28.5 Å². The normalized spacial score (nSPS) is 19.4. The van der Waals surface area contributed by atoms with Crippen LogP contribution in [0.25, 0.3) is 0 Å². The van der Waals surface area contributed by atoms with Crippen LogP contribution < -0.4 is 10.6 Å². The van der Waals surface area contributed by atoms with Gasteiger partial charge in [0.1, 0.15) is 5.01 Å². The van der Waals surface area contributed by atoms with Gasteiger partial charge in [-0.15, -0.1) is 41.2 Å². The van der Waals surface area contributed by atoms with E-state index in [0.29, 0.717) is 11.7 Å². The van der Waals surface area contributed by atoms with Crippen molar-refractivity contribution in [1.29, 1.82) is 0 Å². The van der Waals surface area contributed by atoms with Gasteiger partial charge >= 0.3 is 0 Å². The van der Waals surface area contributed by atoms with Gasteiger partial charge < -0.3 is 10.6 Å². The highest BCUT2D eigenvalue weighted by Gasteiger charge is 2.40. The van der Waals surface area contributed by atoms with Crippen molar-refractivity contribution in [2.24, 2.45) is 0 Å². The summed E-state index contributed by atoms with van der Waals surface area (Å²) in [5, 5.41) is 17.8. The Labute approximate surface area is 169 Å². The highest BCUT2D eigenvalue weighted by atomic mass is 35.5. The monoisotopic (exact) mass is 418 g/mol. The molecular formula is C16H24Cl2N6OS. The van der Waals surface area contributed by atoms with E-state index in [4.69, 9.17) is 0 Å². The molecule has 0 aromatic carbocycles. The lowest BCUT2D eigenvalue weighted by Crippen LogP contribution is -2.43. The first kappa shape index (κ1) is 21.1. The van der Waals surface area contributed by atoms with Gasteiger partial charge in [-0.05, 0) is 38.8 Å². The van der Waals surface area contributed by atoms with Gasteiger partial charge in [-0.3, -0.25) is 4.79 Å². The molecule has 4 rings (SSSR count). The van der Waals surface area contributed by atoms with Crippen molar-refractivity contribution < 1.29 is 4.79 Å². The van der Waals surface area contributed by atoms with E-state index in [1.54, 1.807) is 23.7 Å². The Balaban J connectivity index is 0.00000121. The first-order valence-corrected chi connectivity index (χ1v) is 9.50. The molecule has 2 aromatic rings. The van der Waals surface area contributed by atoms with Gasteiger partial charge in [0, 0.05) is 11.6 Å². The molecule has 0 radical (unpaired) electrons. The summed E-state index contributed by atoms with van der Waals surface area (Å²) in [5.41, 5.74) is 0.0698. The molecule has 1 saturated carbocycles. The van der Waals surface area contributed by atoms with Crippen LogP contribution in [0.5, 0.6) is 0 Å². The van der Waals surface area contributed by atoms with E-state index in [2.05, 4.69) is 25.9 Å². The van der Waals surface area contributed by atoms with Crippen LogP contribution in [0.4, 0.5) is 0 Å². The number of amides is 1. The molecule has 7 nitrogen and oxygen atoms in total. The fraction of sp³-hybridized carbons (Fsp3) is 0.625. The van der Waals surface area contributed by atoms with Crippen LogP contribution in [0, 0.1) is 0 Å². The summed E-state index contributed by atoms with van der Waals surface area (Å²) in [6.45, 7) is 1.97. The largest absolute Gasteiger partial charge is 0.339 e. The maximum atomic E-state index is 12.7. The highest BCUT2D eigenvalue weighted by Crippen LogP contribution is 2.39. The maximum absolute atomic E-state index is 12.7. The summed E-state index contributed by atoms with van der Waals surface area (Å²) in [5.74, 6) is -0.146. The van der Waals surface area contributed by atoms with E-state index < -0.39 is 0 Å². The predicted octanol–water partition coefficient (Wildman–Crippen LogP) is 2.70. The van der Waals surface area contributed by atoms with Crippen LogP contribution in [0.2, 0.25) is 0 Å². The molecule has 2 N–H and O–H groups in total. The molecule has 1 amide bonds. The summed E-state index contributed by atoms with van der Waals surface area (Å²) in [4.78, 5) is 17.2. The first-order chi connectivity index (χ1) is 11.8. The third kappa shape index (κ3) is 4.19. The fourth-order valence-electron chi connectivity index (χ4n) is 3.74. The Morgan fingerprint density at radius 2 is 2.00 bits per heavy atom. The Kier molecular flexibility index (Phi) is 7.40. The number of nitrogens with zero attached hydrogens (tertiary/aromatic N) is 4. The third-order valence-electron chi connectivity index (χ3n) is 5.08. The molecule has 2 aliphatic rings. The molecular weight excluding hydrogens is 395 g/mol. The maximum Gasteiger partial charge on any atom is 0.274 e. The molecule has 26 heavy (non-hydrogen) atoms. The fourth-order valence-corrected chi connectivity index (χ4v) is 4.60. The van der Waals surface area contributed by atoms with Gasteiger partial charge in [-0.25, -0.2) is 9.67 Å². The quantitative estimate of drug-likeness (QED) is 0.796. The Morgan fingerprint density at radius 1 is 1.27 bits per heavy atom. The molecule has 3 heterocycles. The number of halogens is 2. The summed E-state index contributed by atoms with van der Waals surface area (Å²) in [6.07, 6.45) is 9.74. The number of aromatic nitrogens is 4. The van der Waals surface area contributed by atoms with Gasteiger partial charge in [-0.2, -0.15) is 0 Å². The van der Waals surface area contributed by atoms with Gasteiger partial charge in [0.05, 0.1) is 17.8 Å². The number of rotatable bonds is 4. The van der Waals surface area contributed by atoms with E-state index in [1.807, 2.05) is 10.1 Å². The van der Waals surface area contributed by atoms with Crippen molar-refractivity contribution >= 4 is 42.1 Å². The molecule has 1 saturated heterocycles. The van der Waals surface area contributed by atoms with Crippen LogP contribution in [0.15, 0.2) is 17.8 Å². The van der Waals surface area contributed by atoms with Crippen molar-refractivity contribution in [2.45, 2.75) is 50.1 Å². The summed E-state index contributed by atoms with van der Waals surface area (Å²) < 4.78 is 1.85. The van der Waals surface area contributed by atoms with Crippen LogP contribution in [0.3, 0.4) is 0 Å². The van der Waals surface area contributed by atoms with Gasteiger partial charge in [0.25, 0.3) is 5.91 Å². The standard InChI is InChI=1S/C16H22N6OS.2ClH/c23-14(13-11-22(21-20-13)12-3-7-17-8-4-12)19-16(5-1-2-6-16)15-18-9-10-24-15;;/h9-12,17H,1-8H2,(H,19,23);2*1H. The molecule has 144 valence electrons. The zero-order valence-electron chi connectivity index (χ0n) is 14.4. The predicted molar refractivity (Wildman–Crippen MR) is 105 cm³/mol. The number of hydrogen-bond acceptors (Lipinski definition) is 6. The molecule has 0 atom stereocenters. The van der Waals surface area contributed by atoms with Gasteiger partial charge in [-0.1, -0.05) is 18.1 Å². The molecule has 2 fully saturated rings. The summed E-state index contributed by atoms with van der Waals surface area (Å²) >= 11 is 1.61. The zero-order chi connectivity index (χ0) is 16.4. The highest BCUT2D eigenvalue weighted by molar-refractivity contribution is 7.09. The van der Waals surface area contributed by atoms with Crippen molar-refractivity contribution in [2.75, 3.05) is 13.1 Å². The second-order valence-electron chi connectivity index (χ2n) is 6.65. The van der Waals surface area contributed by atoms with E-state index >= 15 is 0 Å². The van der Waals surface area contributed by atoms with E-state index in [0.717, 1.165) is 56.6 Å². The third-order valence-corrected chi connectivity index (χ3v) is 6.05. The molecule has 0 spiro atoms. The molecule has 2 aromatic heterocycles. The van der Waals surface area contributed by atoms with Gasteiger partial charge in [0.2, 0.25) is 0 Å². The summed E-state index contributed by atoms with van der Waals surface area (Å²) in [7, 11) is 0. The second-order valence-corrected chi connectivity index (χ2v) is 7.54. The number of thiazole rings is 1. The Bertz CT molecular complexity index is 695. The number of carbonyl (C=O) groups excluding carboxylic acids is 1. The number of carbonyl (C=O) groups is 1. The van der Waals surface area contributed by atoms with E-state index in [-0.39, 0.29) is 36.3 Å². The summed E-state index contributed by atoms with van der Waals surface area (Å²) in [6, 6.07) is 0.333. The van der Waals surface area contributed by atoms with Gasteiger partial charge in [0.15, 0.2) is 5.69 Å². The molecule has 1 aliphatic carbocycles. The van der Waals surface area contributed by atoms with E-state index in [9.17, 15) is 4.79 Å². The lowest BCUT2D eigenvalue weighted by Gasteiger charge is -2.27. The average Bonchev–Trinajstić information content (AvgIpc) is 3.36. The molecule has 0 bridgehead atoms. The minimum atomic E-state index is -0.330. The molecule has 1 aliphatic heterocycles. The van der Waals surface area contributed by atoms with Crippen molar-refractivity contribution in [1.82, 2.24) is 30.6 Å². The van der Waals surface area contributed by atoms with Crippen molar-refractivity contribution in [3.8, 4) is 0 Å². The average molecular weight is 419 g/mol. The number of piperidine rings is 1. The first-order valence-electron chi connectivity index (χ1n) is 8.62. The van der Waals surface area contributed by atoms with Crippen LogP contribution in [0.1, 0.15) is 60.1 Å². The number of hydrogen-bond donors (Lipinski definition) is 2. The SMILES string of the molecule is Cl.Cl.O=C(NC1(c2nccs2)CCCC1)c1cn(C2CCNCC2)nn1. The smallest absolute Gasteiger partial charge is 0.274 e. The lowest BCUT2D eigenvalue weighted by atomic mass is 9.98. The Morgan fingerprint density at radius 3 is 2.65 bits per heavy atom. The zero-order valence-corrected chi connectivity index (χ0v) is 16.8. The number of nitrogens with one attached hydrogen (secondary N) is 2. The Hall–Kier alpha value is -1.22. The topological polar surface area (TPSA) is 84.7 Å². The minimum Gasteiger partial charge on any atom is -0.339 e. The second kappa shape index (κ2) is 9.12. The van der Waals surface area contributed by atoms with Crippen molar-refractivity contribution in [3.63, 3.8) is 0 Å². The lowest BCUT2D eigenvalue weighted by molar-refractivity contribution is 0.0892. The van der Waals surface area contributed by atoms with E-state index in [1.165, 1.54) is 0 Å². The van der Waals surface area contributed by atoms with Crippen LogP contribution in [-0.4, -0.2) is 39.0 Å². The molecule has 10 heteroatoms. The van der Waals surface area contributed by atoms with Crippen LogP contribution in [-0.2, 0) is 5.54 Å². The van der Waals surface area contributed by atoms with Crippen LogP contribution >= 0.6 is 36.2 Å².